The van der Waals surface area contributed by atoms with Crippen LogP contribution in [-0.2, 0) is 32.1 Å². The van der Waals surface area contributed by atoms with Crippen LogP contribution in [0, 0.1) is 6.92 Å². The van der Waals surface area contributed by atoms with Gasteiger partial charge in [-0.15, -0.1) is 0 Å². The lowest BCUT2D eigenvalue weighted by Gasteiger charge is -2.07. The van der Waals surface area contributed by atoms with Gasteiger partial charge in [0.2, 0.25) is 0 Å². The van der Waals surface area contributed by atoms with Crippen LogP contribution in [-0.4, -0.2) is 9.13 Å². The number of hydrogen-bond acceptors (Lipinski definition) is 4. The number of fused-ring (bicyclic) bond motifs is 2. The summed E-state index contributed by atoms with van der Waals surface area (Å²) >= 11 is 0. The molecular formula is C28H21F3N2O4. The van der Waals surface area contributed by atoms with E-state index in [2.05, 4.69) is 0 Å². The van der Waals surface area contributed by atoms with E-state index in [9.17, 15) is 32.3 Å². The molecule has 0 atom stereocenters. The summed E-state index contributed by atoms with van der Waals surface area (Å²) in [4.78, 5) is 51.9. The van der Waals surface area contributed by atoms with Crippen LogP contribution in [0.15, 0.2) is 79.8 Å². The Labute approximate surface area is 207 Å². The van der Waals surface area contributed by atoms with Crippen LogP contribution >= 0.6 is 0 Å². The molecule has 5 rings (SSSR count). The number of rotatable bonds is 6. The summed E-state index contributed by atoms with van der Waals surface area (Å²) in [6.45, 7) is 2.08. The van der Waals surface area contributed by atoms with Crippen molar-refractivity contribution in [2.45, 2.75) is 39.0 Å². The highest BCUT2D eigenvalue weighted by Gasteiger charge is 2.30. The van der Waals surface area contributed by atoms with E-state index in [-0.39, 0.29) is 41.1 Å². The molecule has 0 aliphatic carbocycles. The van der Waals surface area contributed by atoms with E-state index in [1.807, 2.05) is 31.2 Å². The Balaban J connectivity index is 1.45. The molecular weight excluding hydrogens is 485 g/mol. The molecule has 0 aliphatic heterocycles. The third kappa shape index (κ3) is 4.41. The molecule has 0 amide bonds. The van der Waals surface area contributed by atoms with Crippen LogP contribution in [0.25, 0.3) is 21.5 Å². The molecule has 0 fully saturated rings. The third-order valence-corrected chi connectivity index (χ3v) is 6.71. The fourth-order valence-electron chi connectivity index (χ4n) is 4.58. The van der Waals surface area contributed by atoms with Crippen molar-refractivity contribution in [3.8, 4) is 0 Å². The van der Waals surface area contributed by atoms with Gasteiger partial charge < -0.3 is 0 Å². The fourth-order valence-corrected chi connectivity index (χ4v) is 4.58. The Kier molecular flexibility index (Phi) is 5.94. The molecule has 0 saturated heterocycles. The first kappa shape index (κ1) is 24.4. The van der Waals surface area contributed by atoms with Gasteiger partial charge in [-0.1, -0.05) is 42.0 Å². The molecule has 0 radical (unpaired) electrons. The van der Waals surface area contributed by atoms with Crippen molar-refractivity contribution in [2.24, 2.45) is 0 Å². The Bertz CT molecular complexity index is 1760. The summed E-state index contributed by atoms with van der Waals surface area (Å²) in [5.41, 5.74) is -0.423. The highest BCUT2D eigenvalue weighted by molar-refractivity contribution is 5.97. The van der Waals surface area contributed by atoms with E-state index in [4.69, 9.17) is 0 Å². The molecule has 2 heterocycles. The number of alkyl halides is 3. The SMILES string of the molecule is Cc1ccc(CCn2c(=O)c3cc4c(=O)n(CCc5ccc(C(F)(F)F)cc5)c(=O)c4cc3c2=O)cc1. The number of aromatic nitrogens is 2. The zero-order chi connectivity index (χ0) is 26.5. The van der Waals surface area contributed by atoms with Crippen molar-refractivity contribution in [3.63, 3.8) is 0 Å². The molecule has 0 N–H and O–H groups in total. The van der Waals surface area contributed by atoms with Crippen molar-refractivity contribution < 1.29 is 13.2 Å². The van der Waals surface area contributed by atoms with Crippen LogP contribution in [0.2, 0.25) is 0 Å². The summed E-state index contributed by atoms with van der Waals surface area (Å²) in [6.07, 6.45) is -3.82. The predicted molar refractivity (Wildman–Crippen MR) is 135 cm³/mol. The third-order valence-electron chi connectivity index (χ3n) is 6.71. The zero-order valence-electron chi connectivity index (χ0n) is 19.8. The smallest absolute Gasteiger partial charge is 0.274 e. The quantitative estimate of drug-likeness (QED) is 0.352. The summed E-state index contributed by atoms with van der Waals surface area (Å²) < 4.78 is 40.4. The van der Waals surface area contributed by atoms with Crippen LogP contribution in [0.5, 0.6) is 0 Å². The second-order valence-electron chi connectivity index (χ2n) is 9.15. The Hall–Kier alpha value is -4.27. The highest BCUT2D eigenvalue weighted by atomic mass is 19.4. The van der Waals surface area contributed by atoms with Crippen molar-refractivity contribution >= 4 is 21.5 Å². The van der Waals surface area contributed by atoms with Crippen LogP contribution in [0.4, 0.5) is 13.2 Å². The van der Waals surface area contributed by atoms with Crippen LogP contribution in [0.1, 0.15) is 22.3 Å². The Morgan fingerprint density at radius 2 is 0.946 bits per heavy atom. The summed E-state index contributed by atoms with van der Waals surface area (Å²) in [5, 5.41) is 0.243. The molecule has 0 unspecified atom stereocenters. The minimum atomic E-state index is -4.45. The minimum absolute atomic E-state index is 0.0395. The average molecular weight is 506 g/mol. The largest absolute Gasteiger partial charge is 0.416 e. The van der Waals surface area contributed by atoms with Crippen molar-refractivity contribution in [1.82, 2.24) is 9.13 Å². The molecule has 37 heavy (non-hydrogen) atoms. The van der Waals surface area contributed by atoms with E-state index in [0.29, 0.717) is 12.0 Å². The number of hydrogen-bond donors (Lipinski definition) is 0. The zero-order valence-corrected chi connectivity index (χ0v) is 19.8. The lowest BCUT2D eigenvalue weighted by molar-refractivity contribution is -0.137. The molecule has 0 saturated carbocycles. The Morgan fingerprint density at radius 3 is 1.30 bits per heavy atom. The first-order valence-electron chi connectivity index (χ1n) is 11.7. The van der Waals surface area contributed by atoms with Gasteiger partial charge in [-0.25, -0.2) is 0 Å². The monoisotopic (exact) mass is 506 g/mol. The van der Waals surface area contributed by atoms with E-state index in [1.54, 1.807) is 0 Å². The van der Waals surface area contributed by atoms with Crippen LogP contribution < -0.4 is 22.2 Å². The topological polar surface area (TPSA) is 78.1 Å². The molecule has 0 bridgehead atoms. The van der Waals surface area contributed by atoms with E-state index < -0.39 is 34.0 Å². The standard InChI is InChI=1S/C28H21F3N2O4/c1-16-2-4-17(5-3-16)10-12-32-24(34)20-14-22-23(15-21(20)25(32)35)27(37)33(26(22)36)13-11-18-6-8-19(9-7-18)28(29,30)31/h2-9,14-15H,10-13H2,1H3. The van der Waals surface area contributed by atoms with Crippen molar-refractivity contribution in [3.05, 3.63) is 124 Å². The van der Waals surface area contributed by atoms with Gasteiger partial charge in [0.15, 0.2) is 0 Å². The van der Waals surface area contributed by atoms with Gasteiger partial charge in [-0.2, -0.15) is 13.2 Å². The lowest BCUT2D eigenvalue weighted by Crippen LogP contribution is -2.27. The molecule has 3 aromatic carbocycles. The number of aryl methyl sites for hydroxylation is 3. The van der Waals surface area contributed by atoms with Crippen molar-refractivity contribution in [2.75, 3.05) is 0 Å². The molecule has 9 heteroatoms. The Morgan fingerprint density at radius 1 is 0.595 bits per heavy atom. The van der Waals surface area contributed by atoms with E-state index in [1.165, 1.54) is 24.3 Å². The first-order valence-corrected chi connectivity index (χ1v) is 11.7. The maximum atomic E-state index is 13.0. The van der Waals surface area contributed by atoms with Gasteiger partial charge in [0.25, 0.3) is 22.2 Å². The molecule has 2 aromatic heterocycles. The van der Waals surface area contributed by atoms with Gasteiger partial charge in [-0.3, -0.25) is 28.3 Å². The number of nitrogens with zero attached hydrogens (tertiary/aromatic N) is 2. The molecule has 0 aliphatic rings. The molecule has 0 spiro atoms. The van der Waals surface area contributed by atoms with Gasteiger partial charge in [-0.05, 0) is 55.2 Å². The van der Waals surface area contributed by atoms with Gasteiger partial charge in [0, 0.05) is 13.1 Å². The van der Waals surface area contributed by atoms with Gasteiger partial charge in [0.1, 0.15) is 0 Å². The maximum Gasteiger partial charge on any atom is 0.416 e. The average Bonchev–Trinajstić information content (AvgIpc) is 3.24. The van der Waals surface area contributed by atoms with E-state index in [0.717, 1.165) is 32.4 Å². The maximum absolute atomic E-state index is 13.0. The van der Waals surface area contributed by atoms with E-state index >= 15 is 0 Å². The first-order chi connectivity index (χ1) is 17.5. The molecule has 188 valence electrons. The number of halogens is 3. The predicted octanol–water partition coefficient (Wildman–Crippen LogP) is 3.73. The lowest BCUT2D eigenvalue weighted by atomic mass is 10.1. The minimum Gasteiger partial charge on any atom is -0.274 e. The summed E-state index contributed by atoms with van der Waals surface area (Å²) in [5.74, 6) is 0. The summed E-state index contributed by atoms with van der Waals surface area (Å²) in [6, 6.07) is 14.9. The number of benzene rings is 3. The van der Waals surface area contributed by atoms with Crippen LogP contribution in [0.3, 0.4) is 0 Å². The second-order valence-corrected chi connectivity index (χ2v) is 9.15. The van der Waals surface area contributed by atoms with Gasteiger partial charge in [0.05, 0.1) is 27.1 Å². The fraction of sp³-hybridized carbons (Fsp3) is 0.214. The van der Waals surface area contributed by atoms with Crippen molar-refractivity contribution in [1.29, 1.82) is 0 Å². The molecule has 6 nitrogen and oxygen atoms in total. The highest BCUT2D eigenvalue weighted by Crippen LogP contribution is 2.29. The van der Waals surface area contributed by atoms with Gasteiger partial charge >= 0.3 is 6.18 Å². The molecule has 5 aromatic rings. The summed E-state index contributed by atoms with van der Waals surface area (Å²) in [7, 11) is 0. The second kappa shape index (κ2) is 8.99. The normalized spacial score (nSPS) is 12.1.